The first kappa shape index (κ1) is 23.6. The number of amides is 1. The molecule has 10 nitrogen and oxygen atoms in total. The Labute approximate surface area is 197 Å². The molecule has 1 amide bonds. The molecule has 0 unspecified atom stereocenters. The second kappa shape index (κ2) is 9.76. The highest BCUT2D eigenvalue weighted by molar-refractivity contribution is 5.87. The van der Waals surface area contributed by atoms with Gasteiger partial charge in [0.05, 0.1) is 6.33 Å². The lowest BCUT2D eigenvalue weighted by molar-refractivity contribution is -0.139. The molecule has 0 saturated carbocycles. The topological polar surface area (TPSA) is 128 Å². The molecule has 1 saturated heterocycles. The Morgan fingerprint density at radius 3 is 2.62 bits per heavy atom. The van der Waals surface area contributed by atoms with Gasteiger partial charge in [-0.1, -0.05) is 24.3 Å². The number of nitrogens with one attached hydrogen (secondary N) is 1. The van der Waals surface area contributed by atoms with Gasteiger partial charge in [-0.25, -0.2) is 24.5 Å². The smallest absolute Gasteiger partial charge is 0.408 e. The first-order valence-corrected chi connectivity index (χ1v) is 11.3. The molecular weight excluding hydrogens is 438 g/mol. The van der Waals surface area contributed by atoms with Crippen LogP contribution in [-0.2, 0) is 20.7 Å². The minimum absolute atomic E-state index is 0.0747. The van der Waals surface area contributed by atoms with E-state index in [1.54, 1.807) is 27.1 Å². The van der Waals surface area contributed by atoms with Crippen LogP contribution in [0.5, 0.6) is 0 Å². The first-order valence-electron chi connectivity index (χ1n) is 11.3. The Balaban J connectivity index is 1.51. The lowest BCUT2D eigenvalue weighted by Gasteiger charge is -2.23. The minimum atomic E-state index is -1.14. The number of carboxylic acids is 1. The number of aromatic nitrogens is 4. The summed E-state index contributed by atoms with van der Waals surface area (Å²) in [6.07, 6.45) is 5.61. The van der Waals surface area contributed by atoms with E-state index >= 15 is 0 Å². The van der Waals surface area contributed by atoms with Crippen molar-refractivity contribution in [3.63, 3.8) is 0 Å². The maximum atomic E-state index is 12.0. The predicted molar refractivity (Wildman–Crippen MR) is 124 cm³/mol. The van der Waals surface area contributed by atoms with Crippen LogP contribution in [0, 0.1) is 0 Å². The quantitative estimate of drug-likeness (QED) is 0.561. The summed E-state index contributed by atoms with van der Waals surface area (Å²) in [6, 6.07) is 6.24. The van der Waals surface area contributed by atoms with Crippen molar-refractivity contribution in [3.05, 3.63) is 42.5 Å². The van der Waals surface area contributed by atoms with Crippen LogP contribution in [0.1, 0.15) is 51.8 Å². The SMILES string of the molecule is CC(C)(C)OC(=O)N[C@@H](Cc1ccc(-c2ncnc3c2ncn3[C@H]2CCCCO2)cc1)C(=O)O. The summed E-state index contributed by atoms with van der Waals surface area (Å²) in [5.41, 5.74) is 2.95. The fourth-order valence-corrected chi connectivity index (χ4v) is 3.90. The summed E-state index contributed by atoms with van der Waals surface area (Å²) in [5.74, 6) is -1.14. The van der Waals surface area contributed by atoms with Crippen LogP contribution in [0.4, 0.5) is 4.79 Å². The molecule has 2 aromatic heterocycles. The van der Waals surface area contributed by atoms with E-state index < -0.39 is 23.7 Å². The molecule has 10 heteroatoms. The van der Waals surface area contributed by atoms with Gasteiger partial charge in [0.2, 0.25) is 0 Å². The van der Waals surface area contributed by atoms with Crippen LogP contribution < -0.4 is 5.32 Å². The number of carboxylic acid groups (broad SMARTS) is 1. The average molecular weight is 468 g/mol. The molecule has 0 spiro atoms. The summed E-state index contributed by atoms with van der Waals surface area (Å²) in [6.45, 7) is 5.88. The van der Waals surface area contributed by atoms with Crippen molar-refractivity contribution >= 4 is 23.2 Å². The van der Waals surface area contributed by atoms with E-state index in [-0.39, 0.29) is 12.6 Å². The fourth-order valence-electron chi connectivity index (χ4n) is 3.90. The largest absolute Gasteiger partial charge is 0.480 e. The van der Waals surface area contributed by atoms with E-state index in [0.29, 0.717) is 16.9 Å². The lowest BCUT2D eigenvalue weighted by Crippen LogP contribution is -2.44. The Kier molecular flexibility index (Phi) is 6.78. The normalized spacial score (nSPS) is 17.3. The molecule has 1 aliphatic heterocycles. The van der Waals surface area contributed by atoms with E-state index in [2.05, 4.69) is 20.3 Å². The maximum absolute atomic E-state index is 12.0. The third-order valence-corrected chi connectivity index (χ3v) is 5.48. The number of carbonyl (C=O) groups excluding carboxylic acids is 1. The van der Waals surface area contributed by atoms with Crippen molar-refractivity contribution in [2.45, 2.75) is 64.3 Å². The number of imidazole rings is 1. The second-order valence-electron chi connectivity index (χ2n) is 9.31. The average Bonchev–Trinajstić information content (AvgIpc) is 3.23. The molecule has 2 atom stereocenters. The monoisotopic (exact) mass is 467 g/mol. The van der Waals surface area contributed by atoms with Gasteiger partial charge in [0, 0.05) is 18.6 Å². The van der Waals surface area contributed by atoms with Crippen molar-refractivity contribution in [3.8, 4) is 11.3 Å². The Hall–Kier alpha value is -3.53. The van der Waals surface area contributed by atoms with Crippen molar-refractivity contribution in [1.82, 2.24) is 24.8 Å². The molecule has 1 fully saturated rings. The van der Waals surface area contributed by atoms with Gasteiger partial charge in [-0.05, 0) is 45.6 Å². The lowest BCUT2D eigenvalue weighted by atomic mass is 10.0. The summed E-state index contributed by atoms with van der Waals surface area (Å²) >= 11 is 0. The summed E-state index contributed by atoms with van der Waals surface area (Å²) in [4.78, 5) is 37.1. The Morgan fingerprint density at radius 2 is 1.97 bits per heavy atom. The third kappa shape index (κ3) is 5.51. The number of ether oxygens (including phenoxy) is 2. The Bertz CT molecular complexity index is 1160. The summed E-state index contributed by atoms with van der Waals surface area (Å²) < 4.78 is 13.0. The van der Waals surface area contributed by atoms with Gasteiger partial charge in [-0.15, -0.1) is 0 Å². The molecule has 34 heavy (non-hydrogen) atoms. The number of fused-ring (bicyclic) bond motifs is 1. The standard InChI is InChI=1S/C24H29N5O5/c1-24(2,3)34-23(32)28-17(22(30)31)12-15-7-9-16(10-8-15)19-20-21(26-13-25-19)29(14-27-20)18-6-4-5-11-33-18/h7-10,13-14,17-18H,4-6,11-12H2,1-3H3,(H,28,32)(H,30,31)/t17-,18+/m0/s1. The molecular formula is C24H29N5O5. The molecule has 2 N–H and O–H groups in total. The van der Waals surface area contributed by atoms with Gasteiger partial charge in [0.15, 0.2) is 5.65 Å². The second-order valence-corrected chi connectivity index (χ2v) is 9.31. The van der Waals surface area contributed by atoms with Crippen LogP contribution in [0.3, 0.4) is 0 Å². The van der Waals surface area contributed by atoms with Crippen molar-refractivity contribution < 1.29 is 24.2 Å². The first-order chi connectivity index (χ1) is 16.2. The number of aliphatic carboxylic acids is 1. The van der Waals surface area contributed by atoms with Crippen LogP contribution in [0.15, 0.2) is 36.9 Å². The highest BCUT2D eigenvalue weighted by atomic mass is 16.6. The van der Waals surface area contributed by atoms with Crippen LogP contribution in [0.2, 0.25) is 0 Å². The number of carbonyl (C=O) groups is 2. The minimum Gasteiger partial charge on any atom is -0.480 e. The molecule has 4 rings (SSSR count). The maximum Gasteiger partial charge on any atom is 0.408 e. The molecule has 0 bridgehead atoms. The van der Waals surface area contributed by atoms with E-state index in [4.69, 9.17) is 9.47 Å². The molecule has 180 valence electrons. The van der Waals surface area contributed by atoms with Gasteiger partial charge in [-0.3, -0.25) is 4.57 Å². The number of hydrogen-bond acceptors (Lipinski definition) is 7. The zero-order valence-corrected chi connectivity index (χ0v) is 19.5. The molecule has 0 radical (unpaired) electrons. The predicted octanol–water partition coefficient (Wildman–Crippen LogP) is 3.71. The van der Waals surface area contributed by atoms with Crippen LogP contribution in [-0.4, -0.2) is 54.9 Å². The number of benzene rings is 1. The van der Waals surface area contributed by atoms with E-state index in [0.717, 1.165) is 37.0 Å². The van der Waals surface area contributed by atoms with Crippen molar-refractivity contribution in [2.24, 2.45) is 0 Å². The van der Waals surface area contributed by atoms with Gasteiger partial charge >= 0.3 is 12.1 Å². The van der Waals surface area contributed by atoms with Gasteiger partial charge < -0.3 is 19.9 Å². The van der Waals surface area contributed by atoms with E-state index in [1.807, 2.05) is 28.8 Å². The number of hydrogen-bond donors (Lipinski definition) is 2. The van der Waals surface area contributed by atoms with Gasteiger partial charge in [-0.2, -0.15) is 0 Å². The van der Waals surface area contributed by atoms with Crippen LogP contribution >= 0.6 is 0 Å². The molecule has 1 aliphatic rings. The number of nitrogens with zero attached hydrogens (tertiary/aromatic N) is 4. The summed E-state index contributed by atoms with van der Waals surface area (Å²) in [7, 11) is 0. The van der Waals surface area contributed by atoms with Crippen molar-refractivity contribution in [2.75, 3.05) is 6.61 Å². The fraction of sp³-hybridized carbons (Fsp3) is 0.458. The third-order valence-electron chi connectivity index (χ3n) is 5.48. The molecule has 3 aromatic rings. The zero-order valence-electron chi connectivity index (χ0n) is 19.5. The number of rotatable bonds is 6. The van der Waals surface area contributed by atoms with Crippen molar-refractivity contribution in [1.29, 1.82) is 0 Å². The summed E-state index contributed by atoms with van der Waals surface area (Å²) in [5, 5.41) is 12.0. The van der Waals surface area contributed by atoms with Crippen LogP contribution in [0.25, 0.3) is 22.4 Å². The van der Waals surface area contributed by atoms with E-state index in [9.17, 15) is 14.7 Å². The molecule has 3 heterocycles. The zero-order chi connectivity index (χ0) is 24.3. The van der Waals surface area contributed by atoms with Gasteiger partial charge in [0.1, 0.15) is 35.4 Å². The number of alkyl carbamates (subject to hydrolysis) is 1. The Morgan fingerprint density at radius 1 is 1.21 bits per heavy atom. The van der Waals surface area contributed by atoms with Gasteiger partial charge in [0.25, 0.3) is 0 Å². The van der Waals surface area contributed by atoms with E-state index in [1.165, 1.54) is 6.33 Å². The highest BCUT2D eigenvalue weighted by Crippen LogP contribution is 2.29. The highest BCUT2D eigenvalue weighted by Gasteiger charge is 2.25. The molecule has 1 aromatic carbocycles. The molecule has 0 aliphatic carbocycles.